The summed E-state index contributed by atoms with van der Waals surface area (Å²) >= 11 is 1.68. The highest BCUT2D eigenvalue weighted by atomic mass is 32.1. The molecule has 1 heterocycles. The number of benzene rings is 2. The van der Waals surface area contributed by atoms with Gasteiger partial charge in [-0.1, -0.05) is 49.6 Å². The normalized spacial score (nSPS) is 15.9. The summed E-state index contributed by atoms with van der Waals surface area (Å²) in [7, 11) is 0. The van der Waals surface area contributed by atoms with E-state index in [4.69, 9.17) is 14.5 Å². The molecule has 3 aromatic rings. The van der Waals surface area contributed by atoms with Crippen molar-refractivity contribution < 1.29 is 14.3 Å². The molecule has 0 spiro atoms. The van der Waals surface area contributed by atoms with Crippen molar-refractivity contribution in [1.82, 2.24) is 5.32 Å². The van der Waals surface area contributed by atoms with Gasteiger partial charge in [0, 0.05) is 17.1 Å². The van der Waals surface area contributed by atoms with Crippen molar-refractivity contribution in [3.63, 3.8) is 0 Å². The number of amides is 1. The Labute approximate surface area is 223 Å². The van der Waals surface area contributed by atoms with E-state index in [1.54, 1.807) is 11.3 Å². The molecule has 5 rings (SSSR count). The number of nitrogens with zero attached hydrogens (tertiary/aromatic N) is 1. The van der Waals surface area contributed by atoms with Gasteiger partial charge in [-0.25, -0.2) is 4.99 Å². The van der Waals surface area contributed by atoms with E-state index in [1.165, 1.54) is 36.1 Å². The number of carbonyl (C=O) groups is 1. The molecule has 37 heavy (non-hydrogen) atoms. The van der Waals surface area contributed by atoms with Crippen LogP contribution in [0.2, 0.25) is 0 Å². The van der Waals surface area contributed by atoms with E-state index >= 15 is 0 Å². The topological polar surface area (TPSA) is 59.9 Å². The monoisotopic (exact) mass is 516 g/mol. The van der Waals surface area contributed by atoms with Crippen molar-refractivity contribution >= 4 is 28.5 Å². The van der Waals surface area contributed by atoms with Crippen molar-refractivity contribution in [2.75, 3.05) is 6.61 Å². The number of thiophene rings is 1. The first kappa shape index (κ1) is 25.5. The number of nitrogens with one attached hydrogen (secondary N) is 1. The molecule has 2 aromatic carbocycles. The summed E-state index contributed by atoms with van der Waals surface area (Å²) in [6, 6.07) is 16.3. The van der Waals surface area contributed by atoms with Gasteiger partial charge in [0.25, 0.3) is 5.91 Å². The summed E-state index contributed by atoms with van der Waals surface area (Å²) in [5, 5.41) is 4.15. The SMILES string of the molecule is CCOc1cc(/C=N\c2sc3c(c2C(=O)NC2CCCCC2)CCCC3)ccc1OCc1ccccc1. The van der Waals surface area contributed by atoms with Gasteiger partial charge in [-0.15, -0.1) is 11.3 Å². The highest BCUT2D eigenvalue weighted by Crippen LogP contribution is 2.40. The highest BCUT2D eigenvalue weighted by molar-refractivity contribution is 7.16. The Morgan fingerprint density at radius 2 is 1.81 bits per heavy atom. The highest BCUT2D eigenvalue weighted by Gasteiger charge is 2.27. The third kappa shape index (κ3) is 6.42. The molecule has 0 aliphatic heterocycles. The molecule has 1 N–H and O–H groups in total. The van der Waals surface area contributed by atoms with Crippen LogP contribution in [0.5, 0.6) is 11.5 Å². The fraction of sp³-hybridized carbons (Fsp3) is 0.419. The molecule has 0 saturated heterocycles. The van der Waals surface area contributed by atoms with Crippen molar-refractivity contribution in [3.8, 4) is 11.5 Å². The lowest BCUT2D eigenvalue weighted by molar-refractivity contribution is 0.0927. The zero-order valence-electron chi connectivity index (χ0n) is 21.6. The first-order valence-electron chi connectivity index (χ1n) is 13.6. The second kappa shape index (κ2) is 12.4. The summed E-state index contributed by atoms with van der Waals surface area (Å²) in [6.45, 7) is 3.00. The van der Waals surface area contributed by atoms with Gasteiger partial charge in [-0.05, 0) is 80.3 Å². The number of carbonyl (C=O) groups excluding carboxylic acids is 1. The third-order valence-corrected chi connectivity index (χ3v) is 8.36. The standard InChI is InChI=1S/C31H36N2O3S/c1-2-35-27-19-23(17-18-26(27)36-21-22-11-5-3-6-12-22)20-32-31-29(25-15-9-10-16-28(25)37-31)30(34)33-24-13-7-4-8-14-24/h3,5-6,11-12,17-20,24H,2,4,7-10,13-16,21H2,1H3,(H,33,34)/b32-20-. The molecule has 1 amide bonds. The van der Waals surface area contributed by atoms with Crippen molar-refractivity contribution in [2.45, 2.75) is 77.4 Å². The Balaban J connectivity index is 1.36. The van der Waals surface area contributed by atoms with E-state index in [0.29, 0.717) is 24.7 Å². The van der Waals surface area contributed by atoms with Crippen LogP contribution < -0.4 is 14.8 Å². The van der Waals surface area contributed by atoms with E-state index in [0.717, 1.165) is 53.8 Å². The Kier molecular flexibility index (Phi) is 8.57. The Morgan fingerprint density at radius 3 is 2.62 bits per heavy atom. The number of ether oxygens (including phenoxy) is 2. The minimum absolute atomic E-state index is 0.0538. The lowest BCUT2D eigenvalue weighted by Gasteiger charge is -2.23. The summed E-state index contributed by atoms with van der Waals surface area (Å²) in [4.78, 5) is 19.6. The van der Waals surface area contributed by atoms with Crippen LogP contribution in [0.15, 0.2) is 53.5 Å². The number of aryl methyl sites for hydroxylation is 1. The first-order chi connectivity index (χ1) is 18.2. The van der Waals surface area contributed by atoms with E-state index in [1.807, 2.05) is 61.7 Å². The van der Waals surface area contributed by atoms with Crippen LogP contribution in [0.4, 0.5) is 5.00 Å². The van der Waals surface area contributed by atoms with Crippen molar-refractivity contribution in [1.29, 1.82) is 0 Å². The molecule has 194 valence electrons. The largest absolute Gasteiger partial charge is 0.490 e. The molecule has 0 atom stereocenters. The van der Waals surface area contributed by atoms with Crippen LogP contribution in [0.1, 0.15) is 83.8 Å². The van der Waals surface area contributed by atoms with Crippen molar-refractivity contribution in [3.05, 3.63) is 75.7 Å². The van der Waals surface area contributed by atoms with Gasteiger partial charge in [0.05, 0.1) is 12.2 Å². The number of fused-ring (bicyclic) bond motifs is 1. The molecular weight excluding hydrogens is 480 g/mol. The molecule has 5 nitrogen and oxygen atoms in total. The molecule has 6 heteroatoms. The number of rotatable bonds is 9. The molecular formula is C31H36N2O3S. The van der Waals surface area contributed by atoms with E-state index in [2.05, 4.69) is 5.32 Å². The van der Waals surface area contributed by atoms with E-state index in [-0.39, 0.29) is 11.9 Å². The smallest absolute Gasteiger partial charge is 0.254 e. The molecule has 0 bridgehead atoms. The summed E-state index contributed by atoms with van der Waals surface area (Å²) in [5.74, 6) is 1.46. The third-order valence-electron chi connectivity index (χ3n) is 7.16. The first-order valence-corrected chi connectivity index (χ1v) is 14.5. The van der Waals surface area contributed by atoms with Crippen molar-refractivity contribution in [2.24, 2.45) is 4.99 Å². The van der Waals surface area contributed by atoms with Gasteiger partial charge in [0.1, 0.15) is 11.6 Å². The Bertz CT molecular complexity index is 1230. The summed E-state index contributed by atoms with van der Waals surface area (Å²) in [6.07, 6.45) is 12.0. The second-order valence-corrected chi connectivity index (χ2v) is 11.0. The average molecular weight is 517 g/mol. The Hall–Kier alpha value is -3.12. The predicted molar refractivity (Wildman–Crippen MR) is 151 cm³/mol. The van der Waals surface area contributed by atoms with Gasteiger partial charge in [0.2, 0.25) is 0 Å². The lowest BCUT2D eigenvalue weighted by Crippen LogP contribution is -2.36. The van der Waals surface area contributed by atoms with E-state index in [9.17, 15) is 4.79 Å². The summed E-state index contributed by atoms with van der Waals surface area (Å²) in [5.41, 5.74) is 4.04. The number of hydrogen-bond acceptors (Lipinski definition) is 5. The molecule has 1 fully saturated rings. The molecule has 2 aliphatic rings. The zero-order valence-corrected chi connectivity index (χ0v) is 22.4. The van der Waals surface area contributed by atoms with Crippen LogP contribution in [-0.4, -0.2) is 24.8 Å². The van der Waals surface area contributed by atoms with Gasteiger partial charge < -0.3 is 14.8 Å². The van der Waals surface area contributed by atoms with Crippen LogP contribution in [0.3, 0.4) is 0 Å². The van der Waals surface area contributed by atoms with Crippen LogP contribution in [0, 0.1) is 0 Å². The van der Waals surface area contributed by atoms with Crippen LogP contribution in [0.25, 0.3) is 0 Å². The fourth-order valence-electron chi connectivity index (χ4n) is 5.24. The predicted octanol–water partition coefficient (Wildman–Crippen LogP) is 7.42. The van der Waals surface area contributed by atoms with Crippen LogP contribution >= 0.6 is 11.3 Å². The minimum atomic E-state index is 0.0538. The molecule has 0 radical (unpaired) electrons. The van der Waals surface area contributed by atoms with Gasteiger partial charge in [-0.3, -0.25) is 4.79 Å². The minimum Gasteiger partial charge on any atom is -0.490 e. The lowest BCUT2D eigenvalue weighted by atomic mass is 9.93. The van der Waals surface area contributed by atoms with Gasteiger partial charge in [0.15, 0.2) is 11.5 Å². The number of aliphatic imine (C=N–C) groups is 1. The van der Waals surface area contributed by atoms with Gasteiger partial charge >= 0.3 is 0 Å². The molecule has 1 aromatic heterocycles. The maximum absolute atomic E-state index is 13.4. The van der Waals surface area contributed by atoms with Crippen LogP contribution in [-0.2, 0) is 19.4 Å². The molecule has 1 saturated carbocycles. The summed E-state index contributed by atoms with van der Waals surface area (Å²) < 4.78 is 11.9. The quantitative estimate of drug-likeness (QED) is 0.301. The maximum atomic E-state index is 13.4. The number of hydrogen-bond donors (Lipinski definition) is 1. The zero-order chi connectivity index (χ0) is 25.5. The maximum Gasteiger partial charge on any atom is 0.254 e. The van der Waals surface area contributed by atoms with Gasteiger partial charge in [-0.2, -0.15) is 0 Å². The second-order valence-electron chi connectivity index (χ2n) is 9.87. The molecule has 0 unspecified atom stereocenters. The Morgan fingerprint density at radius 1 is 1.00 bits per heavy atom. The van der Waals surface area contributed by atoms with E-state index < -0.39 is 0 Å². The fourth-order valence-corrected chi connectivity index (χ4v) is 6.47. The molecule has 2 aliphatic carbocycles. The average Bonchev–Trinajstić information content (AvgIpc) is 3.31.